The molecule has 1 fully saturated rings. The molecule has 1 aliphatic carbocycles. The van der Waals surface area contributed by atoms with Gasteiger partial charge in [-0.3, -0.25) is 4.79 Å². The zero-order valence-electron chi connectivity index (χ0n) is 9.09. The molecule has 0 saturated heterocycles. The molecule has 2 heteroatoms. The molecular formula is C11H20O2. The van der Waals surface area contributed by atoms with E-state index in [1.807, 2.05) is 0 Å². The Bertz CT molecular complexity index is 196. The Balaban J connectivity index is 2.52. The van der Waals surface area contributed by atoms with E-state index < -0.39 is 0 Å². The van der Waals surface area contributed by atoms with Crippen LogP contribution in [-0.4, -0.2) is 12.1 Å². The molecule has 0 heterocycles. The third-order valence-corrected chi connectivity index (χ3v) is 2.68. The first-order valence-corrected chi connectivity index (χ1v) is 5.06. The zero-order valence-corrected chi connectivity index (χ0v) is 9.09. The maximum atomic E-state index is 10.8. The van der Waals surface area contributed by atoms with E-state index in [9.17, 15) is 4.79 Å². The summed E-state index contributed by atoms with van der Waals surface area (Å²) in [5.74, 6) is 0.531. The van der Waals surface area contributed by atoms with Crippen LogP contribution in [0.25, 0.3) is 0 Å². The van der Waals surface area contributed by atoms with Crippen molar-refractivity contribution in [1.82, 2.24) is 0 Å². The van der Waals surface area contributed by atoms with Gasteiger partial charge in [-0.2, -0.15) is 0 Å². The lowest BCUT2D eigenvalue weighted by atomic mass is 9.71. The SMILES string of the molecule is CC(=O)O[C@H]1C[C@@H](C)CC(C)(C)C1. The highest BCUT2D eigenvalue weighted by molar-refractivity contribution is 5.66. The maximum Gasteiger partial charge on any atom is 0.302 e. The van der Waals surface area contributed by atoms with Crippen molar-refractivity contribution in [2.75, 3.05) is 0 Å². The Labute approximate surface area is 80.7 Å². The third-order valence-electron chi connectivity index (χ3n) is 2.68. The first-order valence-electron chi connectivity index (χ1n) is 5.06. The van der Waals surface area contributed by atoms with Gasteiger partial charge < -0.3 is 4.74 Å². The van der Waals surface area contributed by atoms with Gasteiger partial charge in [0.2, 0.25) is 0 Å². The van der Waals surface area contributed by atoms with Crippen LogP contribution in [0.4, 0.5) is 0 Å². The summed E-state index contributed by atoms with van der Waals surface area (Å²) < 4.78 is 5.26. The molecule has 0 aromatic heterocycles. The highest BCUT2D eigenvalue weighted by atomic mass is 16.5. The molecule has 0 aromatic carbocycles. The summed E-state index contributed by atoms with van der Waals surface area (Å²) in [5, 5.41) is 0. The maximum absolute atomic E-state index is 10.8. The van der Waals surface area contributed by atoms with Gasteiger partial charge in [0.15, 0.2) is 0 Å². The van der Waals surface area contributed by atoms with E-state index in [1.54, 1.807) is 0 Å². The van der Waals surface area contributed by atoms with Gasteiger partial charge in [0, 0.05) is 6.92 Å². The average Bonchev–Trinajstić information content (AvgIpc) is 1.78. The third kappa shape index (κ3) is 3.37. The molecule has 0 aliphatic heterocycles. The van der Waals surface area contributed by atoms with E-state index in [-0.39, 0.29) is 12.1 Å². The molecule has 2 atom stereocenters. The second kappa shape index (κ2) is 3.69. The Morgan fingerprint density at radius 2 is 2.00 bits per heavy atom. The lowest BCUT2D eigenvalue weighted by Crippen LogP contribution is -2.33. The van der Waals surface area contributed by atoms with E-state index in [2.05, 4.69) is 20.8 Å². The van der Waals surface area contributed by atoms with Crippen molar-refractivity contribution in [2.45, 2.75) is 53.1 Å². The van der Waals surface area contributed by atoms with Crippen LogP contribution in [0.2, 0.25) is 0 Å². The van der Waals surface area contributed by atoms with Crippen LogP contribution in [0.15, 0.2) is 0 Å². The van der Waals surface area contributed by atoms with Gasteiger partial charge in [-0.05, 0) is 30.6 Å². The summed E-state index contributed by atoms with van der Waals surface area (Å²) in [7, 11) is 0. The number of hydrogen-bond donors (Lipinski definition) is 0. The molecular weight excluding hydrogens is 164 g/mol. The summed E-state index contributed by atoms with van der Waals surface area (Å²) in [6.07, 6.45) is 3.43. The van der Waals surface area contributed by atoms with E-state index in [0.717, 1.165) is 12.8 Å². The van der Waals surface area contributed by atoms with Crippen molar-refractivity contribution in [3.8, 4) is 0 Å². The van der Waals surface area contributed by atoms with Crippen LogP contribution in [-0.2, 0) is 9.53 Å². The number of esters is 1. The van der Waals surface area contributed by atoms with Crippen molar-refractivity contribution < 1.29 is 9.53 Å². The van der Waals surface area contributed by atoms with Crippen LogP contribution in [0.3, 0.4) is 0 Å². The van der Waals surface area contributed by atoms with Crippen LogP contribution in [0.1, 0.15) is 47.0 Å². The average molecular weight is 184 g/mol. The number of ether oxygens (including phenoxy) is 1. The second-order valence-electron chi connectivity index (χ2n) is 5.14. The molecule has 1 rings (SSSR count). The Morgan fingerprint density at radius 1 is 1.38 bits per heavy atom. The Hall–Kier alpha value is -0.530. The van der Waals surface area contributed by atoms with Crippen LogP contribution < -0.4 is 0 Å². The highest BCUT2D eigenvalue weighted by Crippen LogP contribution is 2.39. The van der Waals surface area contributed by atoms with Crippen LogP contribution in [0.5, 0.6) is 0 Å². The second-order valence-corrected chi connectivity index (χ2v) is 5.14. The van der Waals surface area contributed by atoms with Crippen molar-refractivity contribution >= 4 is 5.97 Å². The lowest BCUT2D eigenvalue weighted by Gasteiger charge is -2.38. The van der Waals surface area contributed by atoms with E-state index in [4.69, 9.17) is 4.74 Å². The summed E-state index contributed by atoms with van der Waals surface area (Å²) in [6.45, 7) is 8.22. The quantitative estimate of drug-likeness (QED) is 0.586. The number of rotatable bonds is 1. The molecule has 0 unspecified atom stereocenters. The fourth-order valence-electron chi connectivity index (χ4n) is 2.58. The smallest absolute Gasteiger partial charge is 0.302 e. The van der Waals surface area contributed by atoms with Gasteiger partial charge in [-0.15, -0.1) is 0 Å². The van der Waals surface area contributed by atoms with Crippen molar-refractivity contribution in [2.24, 2.45) is 11.3 Å². The van der Waals surface area contributed by atoms with E-state index in [0.29, 0.717) is 11.3 Å². The fraction of sp³-hybridized carbons (Fsp3) is 0.909. The molecule has 2 nitrogen and oxygen atoms in total. The molecule has 76 valence electrons. The number of carbonyl (C=O) groups excluding carboxylic acids is 1. The topological polar surface area (TPSA) is 26.3 Å². The van der Waals surface area contributed by atoms with Gasteiger partial charge in [0.05, 0.1) is 0 Å². The first kappa shape index (κ1) is 10.6. The zero-order chi connectivity index (χ0) is 10.1. The molecule has 0 bridgehead atoms. The van der Waals surface area contributed by atoms with Crippen LogP contribution in [0, 0.1) is 11.3 Å². The standard InChI is InChI=1S/C11H20O2/c1-8-5-10(13-9(2)12)7-11(3,4)6-8/h8,10H,5-7H2,1-4H3/t8-,10+/m1/s1. The van der Waals surface area contributed by atoms with Crippen molar-refractivity contribution in [1.29, 1.82) is 0 Å². The van der Waals surface area contributed by atoms with Crippen molar-refractivity contribution in [3.05, 3.63) is 0 Å². The Morgan fingerprint density at radius 3 is 2.46 bits per heavy atom. The molecule has 13 heavy (non-hydrogen) atoms. The van der Waals surface area contributed by atoms with Gasteiger partial charge in [0.1, 0.15) is 6.10 Å². The summed E-state index contributed by atoms with van der Waals surface area (Å²) in [5.41, 5.74) is 0.331. The fourth-order valence-corrected chi connectivity index (χ4v) is 2.58. The monoisotopic (exact) mass is 184 g/mol. The summed E-state index contributed by atoms with van der Waals surface area (Å²) in [4.78, 5) is 10.8. The molecule has 1 saturated carbocycles. The number of hydrogen-bond acceptors (Lipinski definition) is 2. The minimum absolute atomic E-state index is 0.144. The largest absolute Gasteiger partial charge is 0.463 e. The predicted molar refractivity (Wildman–Crippen MR) is 52.4 cm³/mol. The minimum Gasteiger partial charge on any atom is -0.463 e. The molecule has 0 radical (unpaired) electrons. The normalized spacial score (nSPS) is 32.6. The van der Waals surface area contributed by atoms with Gasteiger partial charge in [-0.1, -0.05) is 20.8 Å². The van der Waals surface area contributed by atoms with Crippen molar-refractivity contribution in [3.63, 3.8) is 0 Å². The van der Waals surface area contributed by atoms with Gasteiger partial charge in [-0.25, -0.2) is 0 Å². The van der Waals surface area contributed by atoms with Gasteiger partial charge in [0.25, 0.3) is 0 Å². The first-order chi connectivity index (χ1) is 5.89. The van der Waals surface area contributed by atoms with Crippen LogP contribution >= 0.6 is 0 Å². The predicted octanol–water partition coefficient (Wildman–Crippen LogP) is 2.76. The molecule has 1 aliphatic rings. The molecule has 0 aromatic rings. The summed E-state index contributed by atoms with van der Waals surface area (Å²) in [6, 6.07) is 0. The molecule has 0 N–H and O–H groups in total. The minimum atomic E-state index is -0.144. The van der Waals surface area contributed by atoms with Gasteiger partial charge >= 0.3 is 5.97 Å². The Kier molecular flexibility index (Phi) is 2.99. The number of carbonyl (C=O) groups is 1. The van der Waals surface area contributed by atoms with E-state index in [1.165, 1.54) is 13.3 Å². The molecule has 0 amide bonds. The summed E-state index contributed by atoms with van der Waals surface area (Å²) >= 11 is 0. The highest BCUT2D eigenvalue weighted by Gasteiger charge is 2.33. The lowest BCUT2D eigenvalue weighted by molar-refractivity contribution is -0.150. The molecule has 0 spiro atoms. The van der Waals surface area contributed by atoms with E-state index >= 15 is 0 Å².